The molecule has 7 heteroatoms. The summed E-state index contributed by atoms with van der Waals surface area (Å²) in [6, 6.07) is 9.55. The van der Waals surface area contributed by atoms with E-state index in [0.29, 0.717) is 17.8 Å². The molecule has 0 aromatic heterocycles. The van der Waals surface area contributed by atoms with Crippen LogP contribution in [0, 0.1) is 17.8 Å². The van der Waals surface area contributed by atoms with E-state index in [1.807, 2.05) is 30.3 Å². The number of nitrogens with zero attached hydrogens (tertiary/aromatic N) is 1. The van der Waals surface area contributed by atoms with Crippen LogP contribution in [-0.2, 0) is 9.59 Å². The smallest absolute Gasteiger partial charge is 0.268 e. The monoisotopic (exact) mass is 424 g/mol. The number of hydrazone groups is 1. The van der Waals surface area contributed by atoms with Crippen LogP contribution in [0.15, 0.2) is 41.5 Å². The molecule has 0 atom stereocenters. The van der Waals surface area contributed by atoms with E-state index in [1.165, 1.54) is 25.3 Å². The van der Waals surface area contributed by atoms with Crippen molar-refractivity contribution in [3.05, 3.63) is 42.0 Å². The van der Waals surface area contributed by atoms with Crippen molar-refractivity contribution in [1.29, 1.82) is 0 Å². The highest BCUT2D eigenvalue weighted by molar-refractivity contribution is 7.80. The number of rotatable bonds is 7. The maximum atomic E-state index is 13.1. The largest absolute Gasteiger partial charge is 0.375 e. The van der Waals surface area contributed by atoms with Gasteiger partial charge in [-0.3, -0.25) is 15.0 Å². The third kappa shape index (κ3) is 4.95. The number of benzene rings is 1. The van der Waals surface area contributed by atoms with Gasteiger partial charge in [-0.05, 0) is 80.1 Å². The summed E-state index contributed by atoms with van der Waals surface area (Å²) >= 11 is 4.81. The summed E-state index contributed by atoms with van der Waals surface area (Å²) in [7, 11) is 0. The molecule has 30 heavy (non-hydrogen) atoms. The van der Waals surface area contributed by atoms with Gasteiger partial charge in [0.25, 0.3) is 5.91 Å². The number of carbonyl (C=O) groups excluding carboxylic acids is 2. The van der Waals surface area contributed by atoms with Gasteiger partial charge in [0.1, 0.15) is 5.71 Å². The summed E-state index contributed by atoms with van der Waals surface area (Å²) in [5.41, 5.74) is 8.83. The molecule has 1 aromatic carbocycles. The first-order valence-corrected chi connectivity index (χ1v) is 11.0. The zero-order chi connectivity index (χ0) is 21.1. The highest BCUT2D eigenvalue weighted by atomic mass is 32.1. The lowest BCUT2D eigenvalue weighted by molar-refractivity contribution is -0.121. The lowest BCUT2D eigenvalue weighted by Gasteiger charge is -2.56. The minimum absolute atomic E-state index is 0.0395. The summed E-state index contributed by atoms with van der Waals surface area (Å²) in [4.78, 5) is 25.6. The first-order valence-electron chi connectivity index (χ1n) is 10.6. The second-order valence-corrected chi connectivity index (χ2v) is 9.51. The van der Waals surface area contributed by atoms with Crippen LogP contribution in [0.25, 0.3) is 6.08 Å². The van der Waals surface area contributed by atoms with E-state index in [0.717, 1.165) is 24.8 Å². The number of allylic oxidation sites excluding steroid dienone is 1. The second kappa shape index (κ2) is 8.68. The van der Waals surface area contributed by atoms with Gasteiger partial charge in [0.15, 0.2) is 10.9 Å². The van der Waals surface area contributed by atoms with E-state index in [9.17, 15) is 9.59 Å². The predicted octanol–water partition coefficient (Wildman–Crippen LogP) is 2.93. The number of carbonyl (C=O) groups is 2. The van der Waals surface area contributed by atoms with Crippen molar-refractivity contribution in [2.45, 2.75) is 50.5 Å². The molecule has 4 fully saturated rings. The zero-order valence-electron chi connectivity index (χ0n) is 17.0. The number of ketones is 1. The SMILES string of the molecule is NC(=S)N/N=C(/CC(=O)/C=C/c1ccccc1)C(=O)NC12CC3CC(CC(C3)C1)C2. The second-order valence-electron chi connectivity index (χ2n) is 9.07. The van der Waals surface area contributed by atoms with Gasteiger partial charge >= 0.3 is 0 Å². The van der Waals surface area contributed by atoms with E-state index in [4.69, 9.17) is 18.0 Å². The molecule has 0 aliphatic heterocycles. The third-order valence-corrected chi connectivity index (χ3v) is 6.67. The number of hydrogen-bond acceptors (Lipinski definition) is 4. The Morgan fingerprint density at radius 1 is 1.10 bits per heavy atom. The van der Waals surface area contributed by atoms with Crippen molar-refractivity contribution < 1.29 is 9.59 Å². The van der Waals surface area contributed by atoms with E-state index in [1.54, 1.807) is 6.08 Å². The molecule has 4 saturated carbocycles. The fraction of sp³-hybridized carbons (Fsp3) is 0.478. The number of nitrogens with two attached hydrogens (primary N) is 1. The van der Waals surface area contributed by atoms with Crippen LogP contribution in [0.2, 0.25) is 0 Å². The summed E-state index contributed by atoms with van der Waals surface area (Å²) in [5.74, 6) is 1.62. The molecule has 6 nitrogen and oxygen atoms in total. The Morgan fingerprint density at radius 2 is 1.70 bits per heavy atom. The summed E-state index contributed by atoms with van der Waals surface area (Å²) < 4.78 is 0. The normalized spacial score (nSPS) is 29.7. The van der Waals surface area contributed by atoms with Gasteiger partial charge in [0.2, 0.25) is 0 Å². The van der Waals surface area contributed by atoms with Crippen molar-refractivity contribution >= 4 is 40.8 Å². The highest BCUT2D eigenvalue weighted by Crippen LogP contribution is 2.55. The number of amides is 1. The van der Waals surface area contributed by atoms with Crippen LogP contribution >= 0.6 is 12.2 Å². The van der Waals surface area contributed by atoms with Crippen molar-refractivity contribution in [3.63, 3.8) is 0 Å². The standard InChI is InChI=1S/C23H28N4O2S/c24-22(30)27-26-20(11-19(28)7-6-15-4-2-1-3-5-15)21(29)25-23-12-16-8-17(13-23)10-18(9-16)14-23/h1-7,16-18H,8-14H2,(H,25,29)(H3,24,27,30)/b7-6+,26-20-. The van der Waals surface area contributed by atoms with E-state index >= 15 is 0 Å². The summed E-state index contributed by atoms with van der Waals surface area (Å²) in [6.07, 6.45) is 10.1. The Morgan fingerprint density at radius 3 is 2.27 bits per heavy atom. The fourth-order valence-electron chi connectivity index (χ4n) is 5.85. The van der Waals surface area contributed by atoms with Gasteiger partial charge < -0.3 is 11.1 Å². The van der Waals surface area contributed by atoms with Gasteiger partial charge in [-0.2, -0.15) is 5.10 Å². The molecule has 0 spiro atoms. The van der Waals surface area contributed by atoms with Gasteiger partial charge in [-0.25, -0.2) is 0 Å². The molecule has 1 aromatic rings. The molecule has 4 aliphatic carbocycles. The lowest BCUT2D eigenvalue weighted by atomic mass is 9.53. The Labute approximate surface area is 182 Å². The minimum atomic E-state index is -0.304. The molecule has 0 saturated heterocycles. The minimum Gasteiger partial charge on any atom is -0.375 e. The molecule has 4 N–H and O–H groups in total. The number of hydrogen-bond donors (Lipinski definition) is 3. The van der Waals surface area contributed by atoms with Crippen LogP contribution in [0.3, 0.4) is 0 Å². The Hall–Kier alpha value is -2.54. The highest BCUT2D eigenvalue weighted by Gasteiger charge is 2.51. The molecule has 1 amide bonds. The van der Waals surface area contributed by atoms with Crippen LogP contribution in [0.4, 0.5) is 0 Å². The van der Waals surface area contributed by atoms with Gasteiger partial charge in [-0.1, -0.05) is 36.4 Å². The number of nitrogens with one attached hydrogen (secondary N) is 2. The van der Waals surface area contributed by atoms with Crippen LogP contribution in [0.5, 0.6) is 0 Å². The summed E-state index contributed by atoms with van der Waals surface area (Å²) in [5, 5.41) is 7.27. The molecular weight excluding hydrogens is 396 g/mol. The Bertz CT molecular complexity index is 858. The lowest BCUT2D eigenvalue weighted by Crippen LogP contribution is -2.61. The van der Waals surface area contributed by atoms with Crippen molar-refractivity contribution in [2.75, 3.05) is 0 Å². The first-order chi connectivity index (χ1) is 14.4. The van der Waals surface area contributed by atoms with E-state index in [-0.39, 0.29) is 34.5 Å². The van der Waals surface area contributed by atoms with Crippen molar-refractivity contribution in [3.8, 4) is 0 Å². The molecule has 4 bridgehead atoms. The molecule has 5 rings (SSSR count). The number of thiocarbonyl (C=S) groups is 1. The third-order valence-electron chi connectivity index (χ3n) is 6.58. The van der Waals surface area contributed by atoms with Crippen LogP contribution in [-0.4, -0.2) is 28.1 Å². The average molecular weight is 425 g/mol. The molecule has 0 radical (unpaired) electrons. The Kier molecular flexibility index (Phi) is 5.99. The average Bonchev–Trinajstić information content (AvgIpc) is 2.68. The quantitative estimate of drug-likeness (QED) is 0.271. The maximum Gasteiger partial charge on any atom is 0.268 e. The Balaban J connectivity index is 1.44. The molecule has 4 aliphatic rings. The first kappa shape index (κ1) is 20.7. The van der Waals surface area contributed by atoms with Gasteiger partial charge in [0.05, 0.1) is 6.42 Å². The maximum absolute atomic E-state index is 13.1. The molecule has 0 unspecified atom stereocenters. The molecule has 158 valence electrons. The van der Waals surface area contributed by atoms with Gasteiger partial charge in [-0.15, -0.1) is 0 Å². The zero-order valence-corrected chi connectivity index (χ0v) is 17.8. The molecular formula is C23H28N4O2S. The van der Waals surface area contributed by atoms with Crippen LogP contribution in [0.1, 0.15) is 50.5 Å². The van der Waals surface area contributed by atoms with E-state index < -0.39 is 0 Å². The predicted molar refractivity (Wildman–Crippen MR) is 122 cm³/mol. The summed E-state index contributed by atoms with van der Waals surface area (Å²) in [6.45, 7) is 0. The van der Waals surface area contributed by atoms with Crippen LogP contribution < -0.4 is 16.5 Å². The molecule has 0 heterocycles. The fourth-order valence-corrected chi connectivity index (χ4v) is 5.89. The topological polar surface area (TPSA) is 96.6 Å². The van der Waals surface area contributed by atoms with Gasteiger partial charge in [0, 0.05) is 5.54 Å². The van der Waals surface area contributed by atoms with Crippen molar-refractivity contribution in [1.82, 2.24) is 10.7 Å². The van der Waals surface area contributed by atoms with Crippen molar-refractivity contribution in [2.24, 2.45) is 28.6 Å². The van der Waals surface area contributed by atoms with E-state index in [2.05, 4.69) is 15.8 Å².